The molecule has 0 radical (unpaired) electrons. The van der Waals surface area contributed by atoms with Crippen molar-refractivity contribution in [2.75, 3.05) is 0 Å². The van der Waals surface area contributed by atoms with Gasteiger partial charge in [0.15, 0.2) is 0 Å². The number of carboxylic acid groups (broad SMARTS) is 1. The molecule has 1 aliphatic heterocycles. The molecule has 0 spiro atoms. The second-order valence-corrected chi connectivity index (χ2v) is 4.84. The molecule has 0 saturated heterocycles. The van der Waals surface area contributed by atoms with Crippen molar-refractivity contribution < 1.29 is 14.6 Å². The third-order valence-corrected chi connectivity index (χ3v) is 3.53. The van der Waals surface area contributed by atoms with Crippen LogP contribution in [-0.2, 0) is 4.74 Å². The number of nitrogens with one attached hydrogen (secondary N) is 1. The van der Waals surface area contributed by atoms with Gasteiger partial charge in [-0.05, 0) is 24.3 Å². The first-order valence-electron chi connectivity index (χ1n) is 6.39. The third-order valence-electron chi connectivity index (χ3n) is 3.53. The van der Waals surface area contributed by atoms with Gasteiger partial charge in [-0.15, -0.1) is 12.4 Å². The van der Waals surface area contributed by atoms with E-state index < -0.39 is 5.97 Å². The van der Waals surface area contributed by atoms with Crippen molar-refractivity contribution in [3.8, 4) is 0 Å². The number of aromatic amines is 1. The number of rotatable bonds is 1. The Balaban J connectivity index is 0.00000144. The van der Waals surface area contributed by atoms with E-state index in [1.807, 2.05) is 24.4 Å². The quantitative estimate of drug-likeness (QED) is 0.713. The molecule has 4 rings (SSSR count). The maximum atomic E-state index is 11.1. The number of carbonyl (C=O) groups is 1. The number of hydrogen-bond donors (Lipinski definition) is 2. The van der Waals surface area contributed by atoms with Gasteiger partial charge < -0.3 is 14.8 Å². The van der Waals surface area contributed by atoms with Crippen LogP contribution >= 0.6 is 12.4 Å². The predicted octanol–water partition coefficient (Wildman–Crippen LogP) is 1.48. The number of nitrogens with zero attached hydrogens (tertiary/aromatic N) is 1. The van der Waals surface area contributed by atoms with E-state index in [0.29, 0.717) is 10.6 Å². The number of fused-ring (bicyclic) bond motifs is 3. The lowest BCUT2D eigenvalue weighted by molar-refractivity contribution is 0.0696. The van der Waals surface area contributed by atoms with E-state index in [9.17, 15) is 4.79 Å². The molecule has 0 fully saturated rings. The number of halogens is 1. The Hall–Kier alpha value is -2.79. The van der Waals surface area contributed by atoms with Gasteiger partial charge in [0, 0.05) is 39.0 Å². The normalized spacial score (nSPS) is 11.8. The summed E-state index contributed by atoms with van der Waals surface area (Å²) in [6.45, 7) is 0. The standard InChI is InChI=1S/C16H10N2O3.ClH/c19-16(20)10-3-12-8-21-7-11-5-14-9(1-2-17-14)4-13(11)15(12)18-6-10;/h1-8,17H,(H,19,20);1H. The van der Waals surface area contributed by atoms with Gasteiger partial charge >= 0.3 is 5.97 Å². The lowest BCUT2D eigenvalue weighted by Crippen LogP contribution is -2.12. The van der Waals surface area contributed by atoms with Crippen LogP contribution in [-0.4, -0.2) is 21.0 Å². The maximum absolute atomic E-state index is 11.1. The van der Waals surface area contributed by atoms with Crippen LogP contribution in [0.25, 0.3) is 23.4 Å². The molecular formula is C16H11ClN2O3. The molecule has 110 valence electrons. The molecule has 6 heteroatoms. The van der Waals surface area contributed by atoms with Crippen molar-refractivity contribution in [3.05, 3.63) is 63.2 Å². The highest BCUT2D eigenvalue weighted by atomic mass is 35.5. The molecule has 2 N–H and O–H groups in total. The van der Waals surface area contributed by atoms with Gasteiger partial charge in [-0.2, -0.15) is 0 Å². The van der Waals surface area contributed by atoms with Crippen molar-refractivity contribution in [2.24, 2.45) is 0 Å². The smallest absolute Gasteiger partial charge is 0.337 e. The number of hydrogen-bond acceptors (Lipinski definition) is 3. The first-order valence-corrected chi connectivity index (χ1v) is 6.39. The van der Waals surface area contributed by atoms with Crippen LogP contribution in [0.15, 0.2) is 36.7 Å². The maximum Gasteiger partial charge on any atom is 0.337 e. The third kappa shape index (κ3) is 2.12. The summed E-state index contributed by atoms with van der Waals surface area (Å²) in [5, 5.41) is 13.3. The van der Waals surface area contributed by atoms with E-state index in [-0.39, 0.29) is 18.0 Å². The molecule has 1 aliphatic rings. The van der Waals surface area contributed by atoms with Gasteiger partial charge in [0.05, 0.1) is 23.4 Å². The monoisotopic (exact) mass is 314 g/mol. The van der Waals surface area contributed by atoms with Crippen molar-refractivity contribution in [3.63, 3.8) is 0 Å². The SMILES string of the molecule is Cl.O=C(O)c1cnc2c(c1)=COC=c1cc3[nH]ccc3cc1=2. The molecule has 3 aromatic rings. The molecule has 0 saturated carbocycles. The largest absolute Gasteiger partial charge is 0.478 e. The average Bonchev–Trinajstić information content (AvgIpc) is 2.85. The minimum atomic E-state index is -1.01. The number of H-pyrrole nitrogens is 1. The molecule has 0 bridgehead atoms. The highest BCUT2D eigenvalue weighted by Crippen LogP contribution is 2.09. The highest BCUT2D eigenvalue weighted by molar-refractivity contribution is 5.87. The topological polar surface area (TPSA) is 75.2 Å². The highest BCUT2D eigenvalue weighted by Gasteiger charge is 2.05. The molecule has 0 amide bonds. The summed E-state index contributed by atoms with van der Waals surface area (Å²) in [6, 6.07) is 7.55. The fourth-order valence-electron chi connectivity index (χ4n) is 2.51. The molecule has 3 heterocycles. The molecular weight excluding hydrogens is 304 g/mol. The van der Waals surface area contributed by atoms with Crippen LogP contribution in [0.4, 0.5) is 0 Å². The van der Waals surface area contributed by atoms with Gasteiger partial charge in [0.2, 0.25) is 0 Å². The fourth-order valence-corrected chi connectivity index (χ4v) is 2.51. The number of ether oxygens (including phenoxy) is 1. The molecule has 2 aromatic heterocycles. The van der Waals surface area contributed by atoms with Crippen molar-refractivity contribution in [2.45, 2.75) is 0 Å². The van der Waals surface area contributed by atoms with E-state index >= 15 is 0 Å². The number of carboxylic acids is 1. The van der Waals surface area contributed by atoms with Gasteiger partial charge in [-0.1, -0.05) is 0 Å². The van der Waals surface area contributed by atoms with Gasteiger partial charge in [0.1, 0.15) is 0 Å². The minimum absolute atomic E-state index is 0. The van der Waals surface area contributed by atoms with E-state index in [0.717, 1.165) is 21.3 Å². The summed E-state index contributed by atoms with van der Waals surface area (Å²) in [5.74, 6) is -1.01. The summed E-state index contributed by atoms with van der Waals surface area (Å²) in [6.07, 6.45) is 6.39. The molecule has 1 aromatic carbocycles. The van der Waals surface area contributed by atoms with Crippen LogP contribution in [0.2, 0.25) is 0 Å². The van der Waals surface area contributed by atoms with Crippen LogP contribution in [0, 0.1) is 10.6 Å². The Morgan fingerprint density at radius 1 is 1.18 bits per heavy atom. The molecule has 0 atom stereocenters. The fraction of sp³-hybridized carbons (Fsp3) is 0. The zero-order chi connectivity index (χ0) is 14.4. The molecule has 22 heavy (non-hydrogen) atoms. The Morgan fingerprint density at radius 3 is 2.82 bits per heavy atom. The van der Waals surface area contributed by atoms with Crippen molar-refractivity contribution in [1.82, 2.24) is 9.97 Å². The van der Waals surface area contributed by atoms with E-state index in [1.54, 1.807) is 12.3 Å². The Kier molecular flexibility index (Phi) is 3.35. The molecule has 5 nitrogen and oxygen atoms in total. The van der Waals surface area contributed by atoms with E-state index in [1.165, 1.54) is 12.5 Å². The molecule has 0 unspecified atom stereocenters. The first kappa shape index (κ1) is 14.2. The zero-order valence-corrected chi connectivity index (χ0v) is 12.1. The Morgan fingerprint density at radius 2 is 2.00 bits per heavy atom. The van der Waals surface area contributed by atoms with Crippen LogP contribution in [0.3, 0.4) is 0 Å². The van der Waals surface area contributed by atoms with Crippen LogP contribution in [0.1, 0.15) is 10.4 Å². The van der Waals surface area contributed by atoms with Crippen molar-refractivity contribution >= 4 is 41.8 Å². The number of benzene rings is 1. The summed E-state index contributed by atoms with van der Waals surface area (Å²) >= 11 is 0. The lowest BCUT2D eigenvalue weighted by Gasteiger charge is -1.95. The van der Waals surface area contributed by atoms with Gasteiger partial charge in [-0.3, -0.25) is 4.98 Å². The minimum Gasteiger partial charge on any atom is -0.478 e. The Labute approximate surface area is 130 Å². The number of aromatic carboxylic acids is 1. The molecule has 0 aliphatic carbocycles. The van der Waals surface area contributed by atoms with Gasteiger partial charge in [-0.25, -0.2) is 4.79 Å². The number of aromatic nitrogens is 2. The van der Waals surface area contributed by atoms with E-state index in [4.69, 9.17) is 9.84 Å². The number of pyridine rings is 1. The second kappa shape index (κ2) is 5.20. The average molecular weight is 315 g/mol. The first-order chi connectivity index (χ1) is 10.2. The zero-order valence-electron chi connectivity index (χ0n) is 11.2. The Bertz CT molecular complexity index is 1100. The second-order valence-electron chi connectivity index (χ2n) is 4.84. The summed E-state index contributed by atoms with van der Waals surface area (Å²) in [4.78, 5) is 18.5. The summed E-state index contributed by atoms with van der Waals surface area (Å²) in [5.41, 5.74) is 1.15. The van der Waals surface area contributed by atoms with E-state index in [2.05, 4.69) is 9.97 Å². The van der Waals surface area contributed by atoms with Crippen molar-refractivity contribution in [1.29, 1.82) is 0 Å². The summed E-state index contributed by atoms with van der Waals surface area (Å²) in [7, 11) is 0. The van der Waals surface area contributed by atoms with Crippen LogP contribution in [0.5, 0.6) is 0 Å². The van der Waals surface area contributed by atoms with Gasteiger partial charge in [0.25, 0.3) is 0 Å². The van der Waals surface area contributed by atoms with Crippen LogP contribution < -0.4 is 10.4 Å². The lowest BCUT2D eigenvalue weighted by atomic mass is 10.1. The predicted molar refractivity (Wildman–Crippen MR) is 83.7 cm³/mol. The summed E-state index contributed by atoms with van der Waals surface area (Å²) < 4.78 is 5.41.